The van der Waals surface area contributed by atoms with E-state index in [1.54, 1.807) is 0 Å². The third-order valence-corrected chi connectivity index (χ3v) is 2.11. The molecule has 72 valence electrons. The minimum absolute atomic E-state index is 0.0532. The predicted molar refractivity (Wildman–Crippen MR) is 55.5 cm³/mol. The number of benzene rings is 1. The molecular weight excluding hydrogens is 162 g/mol. The lowest BCUT2D eigenvalue weighted by Crippen LogP contribution is -2.14. The summed E-state index contributed by atoms with van der Waals surface area (Å²) >= 11 is 0. The molecule has 3 N–H and O–H groups in total. The molecule has 0 amide bonds. The highest BCUT2D eigenvalue weighted by Gasteiger charge is 2.17. The van der Waals surface area contributed by atoms with Crippen LogP contribution in [-0.4, -0.2) is 5.11 Å². The van der Waals surface area contributed by atoms with Crippen LogP contribution in [0.5, 0.6) is 0 Å². The summed E-state index contributed by atoms with van der Waals surface area (Å²) in [5.41, 5.74) is 8.48. The molecule has 0 aliphatic carbocycles. The predicted octanol–water partition coefficient (Wildman–Crippen LogP) is 2.06. The Kier molecular flexibility index (Phi) is 2.62. The van der Waals surface area contributed by atoms with Gasteiger partial charge in [-0.05, 0) is 28.7 Å². The smallest absolute Gasteiger partial charge is 0.0685 e. The standard InChI is InChI=1S/C11H17NO/c1-11(2,3)10-5-4-9(12)6-8(10)7-13/h4-6,13H,7,12H2,1-3H3. The van der Waals surface area contributed by atoms with Crippen LogP contribution in [0.3, 0.4) is 0 Å². The zero-order valence-electron chi connectivity index (χ0n) is 8.46. The number of nitrogens with two attached hydrogens (primary N) is 1. The zero-order chi connectivity index (χ0) is 10.1. The number of rotatable bonds is 1. The van der Waals surface area contributed by atoms with Crippen molar-refractivity contribution in [2.24, 2.45) is 0 Å². The van der Waals surface area contributed by atoms with Crippen molar-refractivity contribution < 1.29 is 5.11 Å². The number of hydrogen-bond donors (Lipinski definition) is 2. The molecule has 0 unspecified atom stereocenters. The quantitative estimate of drug-likeness (QED) is 0.648. The van der Waals surface area contributed by atoms with Crippen LogP contribution < -0.4 is 5.73 Å². The van der Waals surface area contributed by atoms with Gasteiger partial charge in [-0.1, -0.05) is 26.8 Å². The van der Waals surface area contributed by atoms with Crippen molar-refractivity contribution in [3.63, 3.8) is 0 Å². The van der Waals surface area contributed by atoms with Gasteiger partial charge in [0.25, 0.3) is 0 Å². The fourth-order valence-electron chi connectivity index (χ4n) is 1.48. The van der Waals surface area contributed by atoms with Crippen LogP contribution >= 0.6 is 0 Å². The molecule has 0 bridgehead atoms. The Morgan fingerprint density at radius 3 is 2.38 bits per heavy atom. The van der Waals surface area contributed by atoms with Gasteiger partial charge < -0.3 is 10.8 Å². The highest BCUT2D eigenvalue weighted by atomic mass is 16.3. The number of nitrogen functional groups attached to an aromatic ring is 1. The lowest BCUT2D eigenvalue weighted by molar-refractivity contribution is 0.278. The first-order valence-corrected chi connectivity index (χ1v) is 4.45. The van der Waals surface area contributed by atoms with E-state index in [0.717, 1.165) is 11.1 Å². The van der Waals surface area contributed by atoms with Gasteiger partial charge >= 0.3 is 0 Å². The molecule has 1 aromatic rings. The molecule has 0 spiro atoms. The Hall–Kier alpha value is -1.02. The van der Waals surface area contributed by atoms with Crippen molar-refractivity contribution in [3.05, 3.63) is 29.3 Å². The summed E-state index contributed by atoms with van der Waals surface area (Å²) in [5.74, 6) is 0. The fraction of sp³-hybridized carbons (Fsp3) is 0.455. The first-order chi connectivity index (χ1) is 5.95. The molecule has 0 fully saturated rings. The molecule has 2 nitrogen and oxygen atoms in total. The van der Waals surface area contributed by atoms with E-state index in [-0.39, 0.29) is 12.0 Å². The van der Waals surface area contributed by atoms with Crippen LogP contribution in [0.4, 0.5) is 5.69 Å². The SMILES string of the molecule is CC(C)(C)c1ccc(N)cc1CO. The summed E-state index contributed by atoms with van der Waals surface area (Å²) in [6, 6.07) is 5.70. The molecule has 0 saturated carbocycles. The Labute approximate surface area is 79.4 Å². The summed E-state index contributed by atoms with van der Waals surface area (Å²) in [6.07, 6.45) is 0. The van der Waals surface area contributed by atoms with E-state index in [9.17, 15) is 0 Å². The Bertz CT molecular complexity index is 299. The summed E-state index contributed by atoms with van der Waals surface area (Å²) in [5, 5.41) is 9.15. The van der Waals surface area contributed by atoms with Crippen molar-refractivity contribution >= 4 is 5.69 Å². The fourth-order valence-corrected chi connectivity index (χ4v) is 1.48. The van der Waals surface area contributed by atoms with E-state index in [2.05, 4.69) is 20.8 Å². The maximum atomic E-state index is 9.15. The second-order valence-corrected chi connectivity index (χ2v) is 4.32. The Morgan fingerprint density at radius 2 is 1.92 bits per heavy atom. The number of aliphatic hydroxyl groups excluding tert-OH is 1. The van der Waals surface area contributed by atoms with E-state index in [0.29, 0.717) is 5.69 Å². The van der Waals surface area contributed by atoms with Crippen molar-refractivity contribution in [3.8, 4) is 0 Å². The third kappa shape index (κ3) is 2.22. The van der Waals surface area contributed by atoms with Gasteiger partial charge in [-0.25, -0.2) is 0 Å². The molecule has 0 atom stereocenters. The van der Waals surface area contributed by atoms with Gasteiger partial charge in [0, 0.05) is 5.69 Å². The van der Waals surface area contributed by atoms with Crippen molar-refractivity contribution in [2.75, 3.05) is 5.73 Å². The van der Waals surface area contributed by atoms with Crippen molar-refractivity contribution in [1.82, 2.24) is 0 Å². The summed E-state index contributed by atoms with van der Waals surface area (Å²) < 4.78 is 0. The Morgan fingerprint density at radius 1 is 1.31 bits per heavy atom. The van der Waals surface area contributed by atoms with Gasteiger partial charge in [0.05, 0.1) is 6.61 Å². The minimum Gasteiger partial charge on any atom is -0.399 e. The van der Waals surface area contributed by atoms with Gasteiger partial charge in [0.2, 0.25) is 0 Å². The number of hydrogen-bond acceptors (Lipinski definition) is 2. The van der Waals surface area contributed by atoms with Gasteiger partial charge in [-0.2, -0.15) is 0 Å². The largest absolute Gasteiger partial charge is 0.399 e. The highest BCUT2D eigenvalue weighted by molar-refractivity contribution is 5.46. The van der Waals surface area contributed by atoms with Crippen LogP contribution in [0.15, 0.2) is 18.2 Å². The summed E-state index contributed by atoms with van der Waals surface area (Å²) in [7, 11) is 0. The van der Waals surface area contributed by atoms with Crippen molar-refractivity contribution in [2.45, 2.75) is 32.8 Å². The van der Waals surface area contributed by atoms with Gasteiger partial charge in [0.1, 0.15) is 0 Å². The first-order valence-electron chi connectivity index (χ1n) is 4.45. The lowest BCUT2D eigenvalue weighted by Gasteiger charge is -2.22. The average molecular weight is 179 g/mol. The molecule has 0 aromatic heterocycles. The lowest BCUT2D eigenvalue weighted by atomic mass is 9.84. The molecule has 1 aromatic carbocycles. The van der Waals surface area contributed by atoms with E-state index in [1.807, 2.05) is 18.2 Å². The molecule has 13 heavy (non-hydrogen) atoms. The van der Waals surface area contributed by atoms with E-state index >= 15 is 0 Å². The molecule has 0 heterocycles. The summed E-state index contributed by atoms with van der Waals surface area (Å²) in [4.78, 5) is 0. The van der Waals surface area contributed by atoms with Crippen molar-refractivity contribution in [1.29, 1.82) is 0 Å². The van der Waals surface area contributed by atoms with Gasteiger partial charge in [0.15, 0.2) is 0 Å². The van der Waals surface area contributed by atoms with E-state index in [1.165, 1.54) is 0 Å². The van der Waals surface area contributed by atoms with Crippen LogP contribution in [0.2, 0.25) is 0 Å². The van der Waals surface area contributed by atoms with E-state index in [4.69, 9.17) is 10.8 Å². The number of anilines is 1. The zero-order valence-corrected chi connectivity index (χ0v) is 8.46. The topological polar surface area (TPSA) is 46.2 Å². The normalized spacial score (nSPS) is 11.7. The molecular formula is C11H17NO. The molecule has 0 aliphatic heterocycles. The molecule has 0 saturated heterocycles. The van der Waals surface area contributed by atoms with E-state index < -0.39 is 0 Å². The molecule has 1 rings (SSSR count). The number of aliphatic hydroxyl groups is 1. The highest BCUT2D eigenvalue weighted by Crippen LogP contribution is 2.27. The van der Waals surface area contributed by atoms with Gasteiger partial charge in [-0.15, -0.1) is 0 Å². The summed E-state index contributed by atoms with van der Waals surface area (Å²) in [6.45, 7) is 6.42. The second-order valence-electron chi connectivity index (χ2n) is 4.32. The molecule has 0 aliphatic rings. The van der Waals surface area contributed by atoms with Crippen LogP contribution in [0.25, 0.3) is 0 Å². The average Bonchev–Trinajstić information content (AvgIpc) is 2.01. The van der Waals surface area contributed by atoms with Crippen LogP contribution in [0, 0.1) is 0 Å². The van der Waals surface area contributed by atoms with Crippen LogP contribution in [-0.2, 0) is 12.0 Å². The Balaban J connectivity index is 3.22. The molecule has 2 heteroatoms. The third-order valence-electron chi connectivity index (χ3n) is 2.11. The van der Waals surface area contributed by atoms with Gasteiger partial charge in [-0.3, -0.25) is 0 Å². The maximum Gasteiger partial charge on any atom is 0.0685 e. The monoisotopic (exact) mass is 179 g/mol. The molecule has 0 radical (unpaired) electrons. The maximum absolute atomic E-state index is 9.15. The van der Waals surface area contributed by atoms with Crippen LogP contribution in [0.1, 0.15) is 31.9 Å². The first kappa shape index (κ1) is 10.1. The minimum atomic E-state index is 0.0532. The second kappa shape index (κ2) is 3.38.